The Morgan fingerprint density at radius 3 is 2.35 bits per heavy atom. The third kappa shape index (κ3) is 4.03. The van der Waals surface area contributed by atoms with Crippen LogP contribution in [0.3, 0.4) is 0 Å². The van der Waals surface area contributed by atoms with E-state index in [-0.39, 0.29) is 6.10 Å². The summed E-state index contributed by atoms with van der Waals surface area (Å²) in [5.74, 6) is -0.145. The highest BCUT2D eigenvalue weighted by Gasteiger charge is 2.30. The molecule has 0 unspecified atom stereocenters. The van der Waals surface area contributed by atoms with Gasteiger partial charge in [0.15, 0.2) is 0 Å². The van der Waals surface area contributed by atoms with Crippen molar-refractivity contribution in [2.45, 2.75) is 30.8 Å². The standard InChI is InChI=1S/C18H21N3O4S/c1-13-2-5-16(6-3-13)26(23,24)21-10-8-15(9-11-21)25-17-7-4-14(12-20-17)18(19)22/h2-7,12,15H,8-11H2,1H3,(H2,19,22). The van der Waals surface area contributed by atoms with Crippen LogP contribution in [-0.2, 0) is 10.0 Å². The van der Waals surface area contributed by atoms with Crippen LogP contribution in [0.25, 0.3) is 0 Å². The number of nitrogens with two attached hydrogens (primary N) is 1. The van der Waals surface area contributed by atoms with Crippen LogP contribution in [0, 0.1) is 6.92 Å². The first-order valence-electron chi connectivity index (χ1n) is 8.35. The Morgan fingerprint density at radius 1 is 1.15 bits per heavy atom. The molecule has 138 valence electrons. The Balaban J connectivity index is 1.60. The lowest BCUT2D eigenvalue weighted by Crippen LogP contribution is -2.41. The molecule has 1 fully saturated rings. The summed E-state index contributed by atoms with van der Waals surface area (Å²) in [6.07, 6.45) is 2.40. The number of sulfonamides is 1. The Bertz CT molecular complexity index is 872. The van der Waals surface area contributed by atoms with Gasteiger partial charge in [0.25, 0.3) is 0 Å². The topological polar surface area (TPSA) is 103 Å². The number of nitrogens with zero attached hydrogens (tertiary/aromatic N) is 2. The van der Waals surface area contributed by atoms with E-state index in [0.29, 0.717) is 42.3 Å². The molecule has 1 amide bonds. The molecule has 8 heteroatoms. The third-order valence-electron chi connectivity index (χ3n) is 4.37. The van der Waals surface area contributed by atoms with Gasteiger partial charge in [0.1, 0.15) is 6.10 Å². The van der Waals surface area contributed by atoms with Crippen LogP contribution in [0.5, 0.6) is 5.88 Å². The number of primary amides is 1. The molecule has 1 aromatic heterocycles. The highest BCUT2D eigenvalue weighted by Crippen LogP contribution is 2.23. The van der Waals surface area contributed by atoms with Gasteiger partial charge in [-0.2, -0.15) is 4.31 Å². The molecule has 0 atom stereocenters. The van der Waals surface area contributed by atoms with Crippen LogP contribution < -0.4 is 10.5 Å². The average molecular weight is 375 g/mol. The molecule has 1 aliphatic rings. The van der Waals surface area contributed by atoms with E-state index in [4.69, 9.17) is 10.5 Å². The number of carbonyl (C=O) groups is 1. The van der Waals surface area contributed by atoms with Gasteiger partial charge in [0.05, 0.1) is 10.5 Å². The smallest absolute Gasteiger partial charge is 0.250 e. The molecular weight excluding hydrogens is 354 g/mol. The lowest BCUT2D eigenvalue weighted by Gasteiger charge is -2.31. The predicted octanol–water partition coefficient (Wildman–Crippen LogP) is 1.72. The number of aryl methyl sites for hydroxylation is 1. The number of carbonyl (C=O) groups excluding carboxylic acids is 1. The number of amides is 1. The zero-order valence-electron chi connectivity index (χ0n) is 14.5. The van der Waals surface area contributed by atoms with Gasteiger partial charge >= 0.3 is 0 Å². The zero-order chi connectivity index (χ0) is 18.7. The zero-order valence-corrected chi connectivity index (χ0v) is 15.3. The van der Waals surface area contributed by atoms with E-state index >= 15 is 0 Å². The van der Waals surface area contributed by atoms with Gasteiger partial charge in [-0.15, -0.1) is 0 Å². The summed E-state index contributed by atoms with van der Waals surface area (Å²) in [5, 5.41) is 0. The van der Waals surface area contributed by atoms with Crippen molar-refractivity contribution in [3.05, 3.63) is 53.7 Å². The Kier molecular flexibility index (Phi) is 5.24. The molecular formula is C18H21N3O4S. The molecule has 7 nitrogen and oxygen atoms in total. The number of benzene rings is 1. The fourth-order valence-electron chi connectivity index (χ4n) is 2.82. The summed E-state index contributed by atoms with van der Waals surface area (Å²) in [6, 6.07) is 10.0. The highest BCUT2D eigenvalue weighted by molar-refractivity contribution is 7.89. The minimum Gasteiger partial charge on any atom is -0.474 e. The molecule has 3 rings (SSSR count). The summed E-state index contributed by atoms with van der Waals surface area (Å²) >= 11 is 0. The van der Waals surface area contributed by atoms with Crippen molar-refractivity contribution in [1.29, 1.82) is 0 Å². The molecule has 2 N–H and O–H groups in total. The molecule has 0 radical (unpaired) electrons. The molecule has 1 aromatic carbocycles. The molecule has 0 aliphatic carbocycles. The Morgan fingerprint density at radius 2 is 1.81 bits per heavy atom. The van der Waals surface area contributed by atoms with E-state index in [1.54, 1.807) is 36.4 Å². The average Bonchev–Trinajstić information content (AvgIpc) is 2.63. The van der Waals surface area contributed by atoms with Crippen molar-refractivity contribution in [1.82, 2.24) is 9.29 Å². The predicted molar refractivity (Wildman–Crippen MR) is 96.3 cm³/mol. The first kappa shape index (κ1) is 18.3. The first-order valence-corrected chi connectivity index (χ1v) is 9.79. The number of hydrogen-bond acceptors (Lipinski definition) is 5. The van der Waals surface area contributed by atoms with Crippen molar-refractivity contribution >= 4 is 15.9 Å². The Hall–Kier alpha value is -2.45. The molecule has 26 heavy (non-hydrogen) atoms. The van der Waals surface area contributed by atoms with Crippen molar-refractivity contribution < 1.29 is 17.9 Å². The number of hydrogen-bond donors (Lipinski definition) is 1. The summed E-state index contributed by atoms with van der Waals surface area (Å²) < 4.78 is 32.7. The summed E-state index contributed by atoms with van der Waals surface area (Å²) in [4.78, 5) is 15.4. The van der Waals surface area contributed by atoms with Gasteiger partial charge in [-0.25, -0.2) is 13.4 Å². The van der Waals surface area contributed by atoms with Crippen molar-refractivity contribution in [3.8, 4) is 5.88 Å². The normalized spacial score (nSPS) is 16.3. The maximum atomic E-state index is 12.7. The minimum absolute atomic E-state index is 0.119. The number of aromatic nitrogens is 1. The molecule has 1 saturated heterocycles. The summed E-state index contributed by atoms with van der Waals surface area (Å²) in [7, 11) is -3.48. The largest absolute Gasteiger partial charge is 0.474 e. The monoisotopic (exact) mass is 375 g/mol. The van der Waals surface area contributed by atoms with E-state index in [1.165, 1.54) is 10.5 Å². The van der Waals surface area contributed by atoms with Gasteiger partial charge in [0.2, 0.25) is 21.8 Å². The second-order valence-electron chi connectivity index (χ2n) is 6.28. The second-order valence-corrected chi connectivity index (χ2v) is 8.22. The quantitative estimate of drug-likeness (QED) is 0.857. The second kappa shape index (κ2) is 7.43. The summed E-state index contributed by atoms with van der Waals surface area (Å²) in [6.45, 7) is 2.70. The minimum atomic E-state index is -3.48. The van der Waals surface area contributed by atoms with Crippen LogP contribution in [-0.4, -0.2) is 42.8 Å². The van der Waals surface area contributed by atoms with Gasteiger partial charge < -0.3 is 10.5 Å². The fraction of sp³-hybridized carbons (Fsp3) is 0.333. The maximum Gasteiger partial charge on any atom is 0.250 e. The van der Waals surface area contributed by atoms with Crippen molar-refractivity contribution in [3.63, 3.8) is 0 Å². The molecule has 0 saturated carbocycles. The molecule has 2 heterocycles. The van der Waals surface area contributed by atoms with Gasteiger partial charge in [-0.3, -0.25) is 4.79 Å². The molecule has 0 spiro atoms. The summed E-state index contributed by atoms with van der Waals surface area (Å²) in [5.41, 5.74) is 6.51. The lowest BCUT2D eigenvalue weighted by molar-refractivity contribution is 0.0999. The number of ether oxygens (including phenoxy) is 1. The van der Waals surface area contributed by atoms with Crippen LogP contribution in [0.2, 0.25) is 0 Å². The van der Waals surface area contributed by atoms with Crippen molar-refractivity contribution in [2.24, 2.45) is 5.73 Å². The highest BCUT2D eigenvalue weighted by atomic mass is 32.2. The third-order valence-corrected chi connectivity index (χ3v) is 6.28. The van der Waals surface area contributed by atoms with Crippen LogP contribution >= 0.6 is 0 Å². The lowest BCUT2D eigenvalue weighted by atomic mass is 10.1. The number of piperidine rings is 1. The molecule has 2 aromatic rings. The Labute approximate surface area is 152 Å². The van der Waals surface area contributed by atoms with Gasteiger partial charge in [-0.05, 0) is 38.0 Å². The molecule has 1 aliphatic heterocycles. The van der Waals surface area contributed by atoms with Gasteiger partial charge in [-0.1, -0.05) is 17.7 Å². The van der Waals surface area contributed by atoms with Crippen molar-refractivity contribution in [2.75, 3.05) is 13.1 Å². The molecule has 0 bridgehead atoms. The number of rotatable bonds is 5. The van der Waals surface area contributed by atoms with Crippen LogP contribution in [0.15, 0.2) is 47.5 Å². The van der Waals surface area contributed by atoms with Crippen LogP contribution in [0.4, 0.5) is 0 Å². The SMILES string of the molecule is Cc1ccc(S(=O)(=O)N2CCC(Oc3ccc(C(N)=O)cn3)CC2)cc1. The van der Waals surface area contributed by atoms with E-state index in [2.05, 4.69) is 4.98 Å². The van der Waals surface area contributed by atoms with E-state index in [0.717, 1.165) is 5.56 Å². The van der Waals surface area contributed by atoms with E-state index < -0.39 is 15.9 Å². The van der Waals surface area contributed by atoms with Gasteiger partial charge in [0, 0.05) is 25.4 Å². The maximum absolute atomic E-state index is 12.7. The number of pyridine rings is 1. The van der Waals surface area contributed by atoms with E-state index in [1.807, 2.05) is 6.92 Å². The van der Waals surface area contributed by atoms with Crippen LogP contribution in [0.1, 0.15) is 28.8 Å². The van der Waals surface area contributed by atoms with E-state index in [9.17, 15) is 13.2 Å². The first-order chi connectivity index (χ1) is 12.4. The fourth-order valence-corrected chi connectivity index (χ4v) is 4.29.